The first-order chi connectivity index (χ1) is 14.1. The van der Waals surface area contributed by atoms with Gasteiger partial charge in [0.15, 0.2) is 0 Å². The molecule has 1 aromatic carbocycles. The van der Waals surface area contributed by atoms with Gasteiger partial charge in [0.05, 0.1) is 23.2 Å². The molecular weight excluding hydrogens is 391 g/mol. The molecule has 1 aliphatic carbocycles. The van der Waals surface area contributed by atoms with Crippen LogP contribution in [-0.2, 0) is 6.54 Å². The lowest BCUT2D eigenvalue weighted by Gasteiger charge is -2.19. The highest BCUT2D eigenvalue weighted by molar-refractivity contribution is 6.33. The molecule has 0 spiro atoms. The van der Waals surface area contributed by atoms with Gasteiger partial charge in [-0.15, -0.1) is 10.2 Å². The van der Waals surface area contributed by atoms with Gasteiger partial charge in [-0.25, -0.2) is 4.39 Å². The number of aromatic nitrogens is 2. The summed E-state index contributed by atoms with van der Waals surface area (Å²) in [5.74, 6) is 1.85. The number of halogens is 2. The van der Waals surface area contributed by atoms with E-state index in [2.05, 4.69) is 20.4 Å². The van der Waals surface area contributed by atoms with Gasteiger partial charge in [0.25, 0.3) is 0 Å². The van der Waals surface area contributed by atoms with Crippen molar-refractivity contribution in [3.05, 3.63) is 65.3 Å². The number of anilines is 1. The Kier molecular flexibility index (Phi) is 4.97. The number of likely N-dealkylation sites (tertiary alicyclic amines) is 1. The largest absolute Gasteiger partial charge is 0.472 e. The predicted molar refractivity (Wildman–Crippen MR) is 110 cm³/mol. The molecule has 3 aromatic rings. The number of rotatable bonds is 5. The van der Waals surface area contributed by atoms with Crippen molar-refractivity contribution in [2.75, 3.05) is 18.4 Å². The third-order valence-corrected chi connectivity index (χ3v) is 6.36. The molecule has 2 aromatic heterocycles. The van der Waals surface area contributed by atoms with Gasteiger partial charge in [-0.05, 0) is 61.1 Å². The van der Waals surface area contributed by atoms with E-state index in [-0.39, 0.29) is 5.82 Å². The number of fused-ring (bicyclic) bond motifs is 1. The molecule has 3 atom stereocenters. The molecule has 1 saturated carbocycles. The van der Waals surface area contributed by atoms with E-state index in [4.69, 9.17) is 16.0 Å². The Bertz CT molecular complexity index is 965. The van der Waals surface area contributed by atoms with Gasteiger partial charge in [-0.2, -0.15) is 0 Å². The van der Waals surface area contributed by atoms with E-state index >= 15 is 0 Å². The molecule has 29 heavy (non-hydrogen) atoms. The zero-order chi connectivity index (χ0) is 19.8. The van der Waals surface area contributed by atoms with Crippen LogP contribution in [0.5, 0.6) is 0 Å². The van der Waals surface area contributed by atoms with E-state index in [1.165, 1.54) is 23.8 Å². The molecule has 2 aliphatic rings. The summed E-state index contributed by atoms with van der Waals surface area (Å²) in [7, 11) is 0. The lowest BCUT2D eigenvalue weighted by molar-refractivity contribution is 0.300. The summed E-state index contributed by atoms with van der Waals surface area (Å²) < 4.78 is 18.7. The van der Waals surface area contributed by atoms with Gasteiger partial charge >= 0.3 is 0 Å². The summed E-state index contributed by atoms with van der Waals surface area (Å²) in [5.41, 5.74) is 2.37. The first-order valence-corrected chi connectivity index (χ1v) is 10.3. The maximum atomic E-state index is 13.5. The van der Waals surface area contributed by atoms with Gasteiger partial charge in [0.2, 0.25) is 0 Å². The summed E-state index contributed by atoms with van der Waals surface area (Å²) in [5, 5.41) is 12.5. The van der Waals surface area contributed by atoms with Crippen LogP contribution >= 0.6 is 11.6 Å². The third kappa shape index (κ3) is 4.00. The lowest BCUT2D eigenvalue weighted by Crippen LogP contribution is -2.25. The normalized spacial score (nSPS) is 24.0. The molecule has 5 rings (SSSR count). The van der Waals surface area contributed by atoms with Crippen LogP contribution in [0, 0.1) is 17.7 Å². The predicted octanol–water partition coefficient (Wildman–Crippen LogP) is 4.85. The van der Waals surface area contributed by atoms with Crippen molar-refractivity contribution in [1.29, 1.82) is 0 Å². The van der Waals surface area contributed by atoms with Crippen LogP contribution in [0.25, 0.3) is 11.3 Å². The lowest BCUT2D eigenvalue weighted by atomic mass is 10.0. The van der Waals surface area contributed by atoms with Crippen LogP contribution < -0.4 is 5.32 Å². The summed E-state index contributed by atoms with van der Waals surface area (Å²) >= 11 is 6.16. The zero-order valence-electron chi connectivity index (χ0n) is 15.9. The Morgan fingerprint density at radius 1 is 1.10 bits per heavy atom. The molecule has 7 heteroatoms. The fraction of sp³-hybridized carbons (Fsp3) is 0.364. The second-order valence-electron chi connectivity index (χ2n) is 8.09. The summed E-state index contributed by atoms with van der Waals surface area (Å²) in [6.45, 7) is 3.24. The van der Waals surface area contributed by atoms with Gasteiger partial charge < -0.3 is 9.73 Å². The van der Waals surface area contributed by atoms with Crippen LogP contribution in [-0.4, -0.2) is 34.2 Å². The van der Waals surface area contributed by atoms with E-state index in [1.807, 2.05) is 24.5 Å². The number of furan rings is 1. The summed E-state index contributed by atoms with van der Waals surface area (Å²) in [6.07, 6.45) is 5.86. The highest BCUT2D eigenvalue weighted by atomic mass is 35.5. The van der Waals surface area contributed by atoms with Gasteiger partial charge in [-0.3, -0.25) is 4.90 Å². The van der Waals surface area contributed by atoms with Crippen molar-refractivity contribution < 1.29 is 8.81 Å². The monoisotopic (exact) mass is 412 g/mol. The highest BCUT2D eigenvalue weighted by Gasteiger charge is 2.40. The second-order valence-corrected chi connectivity index (χ2v) is 8.49. The molecule has 0 amide bonds. The Balaban J connectivity index is 1.18. The average Bonchev–Trinajstić information content (AvgIpc) is 3.42. The van der Waals surface area contributed by atoms with Crippen molar-refractivity contribution in [2.24, 2.45) is 11.8 Å². The number of nitrogens with zero attached hydrogens (tertiary/aromatic N) is 3. The first-order valence-electron chi connectivity index (χ1n) is 9.93. The first kappa shape index (κ1) is 18.6. The molecule has 150 valence electrons. The van der Waals surface area contributed by atoms with Crippen molar-refractivity contribution >= 4 is 17.4 Å². The molecule has 3 heterocycles. The zero-order valence-corrected chi connectivity index (χ0v) is 16.6. The molecular formula is C22H22ClFN4O. The number of hydrogen-bond acceptors (Lipinski definition) is 5. The number of nitrogens with one attached hydrogen (secondary N) is 1. The average molecular weight is 413 g/mol. The van der Waals surface area contributed by atoms with E-state index < -0.39 is 0 Å². The number of benzene rings is 1. The van der Waals surface area contributed by atoms with E-state index in [9.17, 15) is 4.39 Å². The fourth-order valence-electron chi connectivity index (χ4n) is 4.74. The summed E-state index contributed by atoms with van der Waals surface area (Å²) in [4.78, 5) is 2.52. The Labute approximate surface area is 173 Å². The molecule has 2 fully saturated rings. The van der Waals surface area contributed by atoms with Gasteiger partial charge in [-0.1, -0.05) is 11.6 Å². The molecule has 0 radical (unpaired) electrons. The van der Waals surface area contributed by atoms with Crippen LogP contribution in [0.1, 0.15) is 18.4 Å². The van der Waals surface area contributed by atoms with Gasteiger partial charge in [0.1, 0.15) is 11.6 Å². The standard InChI is InChI=1S/C22H22ClFN4O/c23-20-2-1-17(24)9-19(20)21-3-4-22(27-26-21)25-18-7-15-11-28(12-16(15)8-18)10-14-5-6-29-13-14/h1-6,9,13,15-16,18H,7-8,10-12H2,(H,25,27)/t15-,16+,18-. The molecule has 0 unspecified atom stereocenters. The molecule has 1 aliphatic heterocycles. The van der Waals surface area contributed by atoms with E-state index in [1.54, 1.807) is 6.26 Å². The maximum absolute atomic E-state index is 13.5. The van der Waals surface area contributed by atoms with E-state index in [0.717, 1.165) is 50.1 Å². The Morgan fingerprint density at radius 3 is 2.62 bits per heavy atom. The molecule has 1 saturated heterocycles. The van der Waals surface area contributed by atoms with Crippen molar-refractivity contribution in [1.82, 2.24) is 15.1 Å². The SMILES string of the molecule is Fc1ccc(Cl)c(-c2ccc(N[C@@H]3C[C@@H]4CN(Cc5ccoc5)C[C@@H]4C3)nn2)c1. The van der Waals surface area contributed by atoms with Crippen LogP contribution in [0.2, 0.25) is 5.02 Å². The Morgan fingerprint density at radius 2 is 1.93 bits per heavy atom. The quantitative estimate of drug-likeness (QED) is 0.649. The van der Waals surface area contributed by atoms with Crippen LogP contribution in [0.3, 0.4) is 0 Å². The van der Waals surface area contributed by atoms with E-state index in [0.29, 0.717) is 22.3 Å². The van der Waals surface area contributed by atoms with Crippen LogP contribution in [0.4, 0.5) is 10.2 Å². The topological polar surface area (TPSA) is 54.2 Å². The number of hydrogen-bond donors (Lipinski definition) is 1. The fourth-order valence-corrected chi connectivity index (χ4v) is 4.96. The van der Waals surface area contributed by atoms with Crippen LogP contribution in [0.15, 0.2) is 53.3 Å². The minimum absolute atomic E-state index is 0.340. The minimum Gasteiger partial charge on any atom is -0.472 e. The minimum atomic E-state index is -0.340. The molecule has 1 N–H and O–H groups in total. The molecule has 5 nitrogen and oxygen atoms in total. The highest BCUT2D eigenvalue weighted by Crippen LogP contribution is 2.39. The Hall–Kier alpha value is -2.44. The maximum Gasteiger partial charge on any atom is 0.148 e. The van der Waals surface area contributed by atoms with Crippen molar-refractivity contribution in [2.45, 2.75) is 25.4 Å². The van der Waals surface area contributed by atoms with Gasteiger partial charge in [0, 0.05) is 36.8 Å². The molecule has 0 bridgehead atoms. The van der Waals surface area contributed by atoms with Crippen molar-refractivity contribution in [3.8, 4) is 11.3 Å². The third-order valence-electron chi connectivity index (χ3n) is 6.03. The smallest absolute Gasteiger partial charge is 0.148 e. The summed E-state index contributed by atoms with van der Waals surface area (Å²) in [6, 6.07) is 10.4. The second kappa shape index (κ2) is 7.76. The van der Waals surface area contributed by atoms with Crippen molar-refractivity contribution in [3.63, 3.8) is 0 Å².